The number of carbonyl (C=O) groups excluding carboxylic acids is 1. The van der Waals surface area contributed by atoms with Crippen molar-refractivity contribution in [3.8, 4) is 0 Å². The van der Waals surface area contributed by atoms with Gasteiger partial charge in [0.2, 0.25) is 0 Å². The Morgan fingerprint density at radius 3 is 1.91 bits per heavy atom. The molecule has 1 amide bonds. The lowest BCUT2D eigenvalue weighted by molar-refractivity contribution is -0.949. The van der Waals surface area contributed by atoms with Crippen LogP contribution < -0.4 is 45.2 Å². The normalized spacial score (nSPS) is 23.1. The molecular weight excluding hydrogens is 455 g/mol. The molecule has 0 radical (unpaired) electrons. The number of rotatable bonds is 6. The summed E-state index contributed by atoms with van der Waals surface area (Å²) in [5, 5.41) is 0. The molecule has 2 aromatic rings. The Bertz CT molecular complexity index is 905. The monoisotopic (exact) mass is 492 g/mol. The van der Waals surface area contributed by atoms with E-state index in [1.54, 1.807) is 4.90 Å². The molecule has 0 spiro atoms. The Labute approximate surface area is 211 Å². The fraction of sp³-hybridized carbons (Fsp3) is 0.500. The highest BCUT2D eigenvalue weighted by atomic mass is 35.5. The summed E-state index contributed by atoms with van der Waals surface area (Å²) in [7, 11) is 4.12. The van der Waals surface area contributed by atoms with Gasteiger partial charge in [-0.25, -0.2) is 0 Å². The standard InChI is InChI=1S/C26H36N4O.2ClH/c1-25(2)20-10-5-7-12-22(20)30(23-13-8-6-11-21(23)25)17-9-16-29-18-14-26(15-19-29,24(27)31)28(3)4;;/h5-8,10-13H,9,14-19H2,1-4H3,(H2,27,31);2*1H. The summed E-state index contributed by atoms with van der Waals surface area (Å²) in [4.78, 5) is 17.4. The largest absolute Gasteiger partial charge is 1.00 e. The maximum atomic E-state index is 12.1. The SMILES string of the molecule is C[NH+](C)C1(C(N)=O)CC[NH+](CCCN2c3ccccc3C(C)(C)c3ccccc32)CC1.[Cl-].[Cl-]. The smallest absolute Gasteiger partial charge is 0.279 e. The van der Waals surface area contributed by atoms with Crippen LogP contribution in [0.25, 0.3) is 0 Å². The number of fused-ring (bicyclic) bond motifs is 2. The fourth-order valence-corrected chi connectivity index (χ4v) is 5.75. The minimum atomic E-state index is -0.389. The Balaban J connectivity index is 0.00000193. The fourth-order valence-electron chi connectivity index (χ4n) is 5.75. The zero-order chi connectivity index (χ0) is 22.2. The molecule has 4 rings (SSSR count). The van der Waals surface area contributed by atoms with Gasteiger partial charge in [-0.3, -0.25) is 4.79 Å². The van der Waals surface area contributed by atoms with Crippen LogP contribution in [0, 0.1) is 0 Å². The molecule has 4 N–H and O–H groups in total. The number of anilines is 2. The number of benzene rings is 2. The van der Waals surface area contributed by atoms with E-state index in [1.165, 1.54) is 27.4 Å². The molecule has 1 fully saturated rings. The van der Waals surface area contributed by atoms with Gasteiger partial charge >= 0.3 is 0 Å². The number of primary amides is 1. The first-order chi connectivity index (χ1) is 14.8. The Kier molecular flexibility index (Phi) is 8.86. The first-order valence-electron chi connectivity index (χ1n) is 11.7. The van der Waals surface area contributed by atoms with Crippen LogP contribution in [0.2, 0.25) is 0 Å². The average molecular weight is 494 g/mol. The van der Waals surface area contributed by atoms with Crippen molar-refractivity contribution in [3.63, 3.8) is 0 Å². The summed E-state index contributed by atoms with van der Waals surface area (Å²) in [6.45, 7) is 8.84. The van der Waals surface area contributed by atoms with Crippen LogP contribution in [0.1, 0.15) is 44.2 Å². The van der Waals surface area contributed by atoms with E-state index in [0.29, 0.717) is 0 Å². The van der Waals surface area contributed by atoms with Crippen LogP contribution in [0.15, 0.2) is 48.5 Å². The van der Waals surface area contributed by atoms with Crippen molar-refractivity contribution in [2.75, 3.05) is 45.2 Å². The third-order valence-corrected chi connectivity index (χ3v) is 7.89. The van der Waals surface area contributed by atoms with Gasteiger partial charge in [0.15, 0.2) is 5.54 Å². The lowest BCUT2D eigenvalue weighted by Crippen LogP contribution is -3.22. The van der Waals surface area contributed by atoms with Crippen molar-refractivity contribution in [1.82, 2.24) is 0 Å². The lowest BCUT2D eigenvalue weighted by atomic mass is 9.73. The molecule has 2 aromatic carbocycles. The summed E-state index contributed by atoms with van der Waals surface area (Å²) in [5.41, 5.74) is 10.9. The zero-order valence-corrected chi connectivity index (χ0v) is 21.8. The number of hydrogen-bond donors (Lipinski definition) is 3. The number of carbonyl (C=O) groups is 1. The maximum absolute atomic E-state index is 12.1. The Morgan fingerprint density at radius 2 is 1.45 bits per heavy atom. The number of likely N-dealkylation sites (tertiary alicyclic amines) is 1. The van der Waals surface area contributed by atoms with Gasteiger partial charge in [-0.15, -0.1) is 0 Å². The zero-order valence-electron chi connectivity index (χ0n) is 20.3. The minimum absolute atomic E-state index is 0. The quantitative estimate of drug-likeness (QED) is 0.378. The number of quaternary nitrogens is 2. The molecule has 0 aliphatic carbocycles. The highest BCUT2D eigenvalue weighted by Gasteiger charge is 2.47. The van der Waals surface area contributed by atoms with E-state index in [4.69, 9.17) is 5.73 Å². The summed E-state index contributed by atoms with van der Waals surface area (Å²) in [5.74, 6) is -0.143. The third-order valence-electron chi connectivity index (χ3n) is 7.89. The molecular formula is C26H38Cl2N4O. The van der Waals surface area contributed by atoms with Crippen LogP contribution in [0.5, 0.6) is 0 Å². The van der Waals surface area contributed by atoms with E-state index in [0.717, 1.165) is 45.4 Å². The summed E-state index contributed by atoms with van der Waals surface area (Å²) in [6, 6.07) is 17.7. The first-order valence-corrected chi connectivity index (χ1v) is 11.7. The van der Waals surface area contributed by atoms with Gasteiger partial charge in [-0.2, -0.15) is 0 Å². The predicted molar refractivity (Wildman–Crippen MR) is 126 cm³/mol. The van der Waals surface area contributed by atoms with E-state index in [2.05, 4.69) is 81.4 Å². The van der Waals surface area contributed by atoms with Crippen LogP contribution >= 0.6 is 0 Å². The Hall–Kier alpha value is -1.79. The van der Waals surface area contributed by atoms with Crippen LogP contribution in [0.3, 0.4) is 0 Å². The van der Waals surface area contributed by atoms with E-state index in [9.17, 15) is 4.79 Å². The molecule has 7 heteroatoms. The Morgan fingerprint density at radius 1 is 0.970 bits per heavy atom. The predicted octanol–water partition coefficient (Wildman–Crippen LogP) is -5.09. The number of nitrogens with zero attached hydrogens (tertiary/aromatic N) is 1. The lowest BCUT2D eigenvalue weighted by Gasteiger charge is -2.42. The number of likely N-dealkylation sites (N-methyl/N-ethyl adjacent to an activating group) is 1. The highest BCUT2D eigenvalue weighted by molar-refractivity contribution is 5.83. The summed E-state index contributed by atoms with van der Waals surface area (Å²) in [6.07, 6.45) is 2.88. The van der Waals surface area contributed by atoms with Gasteiger partial charge < -0.3 is 45.2 Å². The van der Waals surface area contributed by atoms with E-state index < -0.39 is 0 Å². The van der Waals surface area contributed by atoms with Crippen molar-refractivity contribution >= 4 is 17.3 Å². The van der Waals surface area contributed by atoms with Crippen molar-refractivity contribution < 1.29 is 39.4 Å². The van der Waals surface area contributed by atoms with Gasteiger partial charge in [-0.05, 0) is 23.3 Å². The number of para-hydroxylation sites is 2. The van der Waals surface area contributed by atoms with E-state index in [-0.39, 0.29) is 41.7 Å². The van der Waals surface area contributed by atoms with Crippen LogP contribution in [0.4, 0.5) is 11.4 Å². The van der Waals surface area contributed by atoms with E-state index >= 15 is 0 Å². The number of halogens is 2. The number of nitrogens with two attached hydrogens (primary N) is 1. The third kappa shape index (κ3) is 4.88. The highest BCUT2D eigenvalue weighted by Crippen LogP contribution is 2.48. The molecule has 182 valence electrons. The summed E-state index contributed by atoms with van der Waals surface area (Å²) >= 11 is 0. The van der Waals surface area contributed by atoms with Crippen molar-refractivity contribution in [2.24, 2.45) is 5.73 Å². The molecule has 0 unspecified atom stereocenters. The molecule has 0 aromatic heterocycles. The van der Waals surface area contributed by atoms with Gasteiger partial charge in [0.05, 0.1) is 46.6 Å². The molecule has 5 nitrogen and oxygen atoms in total. The maximum Gasteiger partial charge on any atom is 0.279 e. The summed E-state index contributed by atoms with van der Waals surface area (Å²) < 4.78 is 0. The molecule has 0 saturated carbocycles. The number of piperidine rings is 1. The molecule has 0 atom stereocenters. The molecule has 2 aliphatic rings. The van der Waals surface area contributed by atoms with Crippen LogP contribution in [-0.4, -0.2) is 51.7 Å². The second kappa shape index (κ2) is 10.6. The van der Waals surface area contributed by atoms with Gasteiger partial charge in [-0.1, -0.05) is 50.2 Å². The molecule has 0 bridgehead atoms. The second-order valence-corrected chi connectivity index (χ2v) is 10.1. The van der Waals surface area contributed by atoms with Crippen molar-refractivity contribution in [3.05, 3.63) is 59.7 Å². The van der Waals surface area contributed by atoms with Gasteiger partial charge in [0.25, 0.3) is 5.91 Å². The van der Waals surface area contributed by atoms with Crippen molar-refractivity contribution in [2.45, 2.75) is 44.1 Å². The van der Waals surface area contributed by atoms with Gasteiger partial charge in [0, 0.05) is 29.8 Å². The minimum Gasteiger partial charge on any atom is -1.00 e. The average Bonchev–Trinajstić information content (AvgIpc) is 2.76. The topological polar surface area (TPSA) is 55.2 Å². The van der Waals surface area contributed by atoms with Crippen molar-refractivity contribution in [1.29, 1.82) is 0 Å². The number of nitrogens with one attached hydrogen (secondary N) is 2. The molecule has 2 heterocycles. The molecule has 1 saturated heterocycles. The first kappa shape index (κ1) is 27.5. The second-order valence-electron chi connectivity index (χ2n) is 10.1. The van der Waals surface area contributed by atoms with Gasteiger partial charge in [0.1, 0.15) is 0 Å². The number of amides is 1. The molecule has 33 heavy (non-hydrogen) atoms. The number of hydrogen-bond acceptors (Lipinski definition) is 2. The van der Waals surface area contributed by atoms with E-state index in [1.807, 2.05) is 0 Å². The molecule has 2 aliphatic heterocycles. The van der Waals surface area contributed by atoms with Crippen LogP contribution in [-0.2, 0) is 10.2 Å².